The molecule has 2 aliphatic heterocycles. The van der Waals surface area contributed by atoms with E-state index in [-0.39, 0.29) is 29.8 Å². The molecule has 0 radical (unpaired) electrons. The zero-order valence-corrected chi connectivity index (χ0v) is 10.5. The van der Waals surface area contributed by atoms with Gasteiger partial charge in [0.2, 0.25) is 0 Å². The number of hydrogen-bond donors (Lipinski definition) is 1. The summed E-state index contributed by atoms with van der Waals surface area (Å²) < 4.78 is 28.3. The van der Waals surface area contributed by atoms with Gasteiger partial charge in [0.1, 0.15) is 0 Å². The van der Waals surface area contributed by atoms with E-state index in [1.807, 2.05) is 18.7 Å². The third-order valence-electron chi connectivity index (χ3n) is 3.10. The first-order chi connectivity index (χ1) is 7.37. The summed E-state index contributed by atoms with van der Waals surface area (Å²) in [7, 11) is -3.04. The van der Waals surface area contributed by atoms with Gasteiger partial charge in [0.05, 0.1) is 35.9 Å². The van der Waals surface area contributed by atoms with Gasteiger partial charge in [0, 0.05) is 13.1 Å². The van der Waals surface area contributed by atoms with Crippen LogP contribution in [0.5, 0.6) is 0 Å². The molecular formula is C10H19NO4S. The number of hydrogen-bond acceptors (Lipinski definition) is 5. The third-order valence-corrected chi connectivity index (χ3v) is 4.80. The van der Waals surface area contributed by atoms with Gasteiger partial charge in [-0.05, 0) is 13.8 Å². The molecule has 0 aromatic carbocycles. The van der Waals surface area contributed by atoms with E-state index in [0.29, 0.717) is 0 Å². The van der Waals surface area contributed by atoms with Gasteiger partial charge in [-0.25, -0.2) is 8.42 Å². The number of aliphatic hydroxyl groups excluding tert-OH is 1. The molecule has 2 atom stereocenters. The molecule has 0 saturated carbocycles. The first kappa shape index (κ1) is 12.3. The molecular weight excluding hydrogens is 230 g/mol. The highest BCUT2D eigenvalue weighted by atomic mass is 32.2. The standard InChI is InChI=1S/C10H19NO4S/c1-7(2)15-8-3-11(4-8)9-5-16(13,14)6-10(9)12/h7-10,12H,3-6H2,1-2H3/t9-,10-/m1/s1. The first-order valence-corrected chi connectivity index (χ1v) is 7.47. The third kappa shape index (κ3) is 2.56. The van der Waals surface area contributed by atoms with E-state index in [1.165, 1.54) is 0 Å². The summed E-state index contributed by atoms with van der Waals surface area (Å²) in [6.07, 6.45) is -0.343. The quantitative estimate of drug-likeness (QED) is 0.713. The Morgan fingerprint density at radius 2 is 1.94 bits per heavy atom. The van der Waals surface area contributed by atoms with Crippen LogP contribution in [0.25, 0.3) is 0 Å². The molecule has 0 spiro atoms. The van der Waals surface area contributed by atoms with Crippen LogP contribution < -0.4 is 0 Å². The Hall–Kier alpha value is -0.170. The topological polar surface area (TPSA) is 66.8 Å². The molecule has 0 unspecified atom stereocenters. The van der Waals surface area contributed by atoms with Crippen LogP contribution in [0.2, 0.25) is 0 Å². The molecule has 1 N–H and O–H groups in total. The minimum Gasteiger partial charge on any atom is -0.390 e. The SMILES string of the molecule is CC(C)OC1CN([C@@H]2CS(=O)(=O)C[C@H]2O)C1. The normalized spacial score (nSPS) is 35.5. The molecule has 2 heterocycles. The van der Waals surface area contributed by atoms with E-state index in [1.54, 1.807) is 0 Å². The van der Waals surface area contributed by atoms with Crippen LogP contribution >= 0.6 is 0 Å². The first-order valence-electron chi connectivity index (χ1n) is 5.65. The van der Waals surface area contributed by atoms with Crippen molar-refractivity contribution in [2.24, 2.45) is 0 Å². The van der Waals surface area contributed by atoms with Crippen molar-refractivity contribution in [3.8, 4) is 0 Å². The molecule has 0 aromatic rings. The second-order valence-corrected chi connectivity index (χ2v) is 7.13. The predicted octanol–water partition coefficient (Wildman–Crippen LogP) is -0.746. The van der Waals surface area contributed by atoms with Gasteiger partial charge in [0.15, 0.2) is 9.84 Å². The maximum absolute atomic E-state index is 11.3. The minimum absolute atomic E-state index is 0.0859. The van der Waals surface area contributed by atoms with E-state index in [9.17, 15) is 13.5 Å². The number of rotatable bonds is 3. The van der Waals surface area contributed by atoms with Crippen molar-refractivity contribution in [3.63, 3.8) is 0 Å². The van der Waals surface area contributed by atoms with E-state index in [0.717, 1.165) is 13.1 Å². The van der Waals surface area contributed by atoms with Gasteiger partial charge in [-0.15, -0.1) is 0 Å². The average molecular weight is 249 g/mol. The summed E-state index contributed by atoms with van der Waals surface area (Å²) in [4.78, 5) is 2.00. The fourth-order valence-electron chi connectivity index (χ4n) is 2.37. The van der Waals surface area contributed by atoms with Crippen LogP contribution in [0.3, 0.4) is 0 Å². The Balaban J connectivity index is 1.84. The summed E-state index contributed by atoms with van der Waals surface area (Å²) in [5.74, 6) is -0.00750. The van der Waals surface area contributed by atoms with Gasteiger partial charge in [0.25, 0.3) is 0 Å². The lowest BCUT2D eigenvalue weighted by Crippen LogP contribution is -2.59. The lowest BCUT2D eigenvalue weighted by atomic mass is 10.1. The Morgan fingerprint density at radius 1 is 1.31 bits per heavy atom. The van der Waals surface area contributed by atoms with Crippen LogP contribution in [0.1, 0.15) is 13.8 Å². The molecule has 0 aliphatic carbocycles. The van der Waals surface area contributed by atoms with Crippen molar-refractivity contribution in [2.75, 3.05) is 24.6 Å². The molecule has 0 bridgehead atoms. The number of ether oxygens (including phenoxy) is 1. The summed E-state index contributed by atoms with van der Waals surface area (Å²) in [5, 5.41) is 9.67. The molecule has 5 nitrogen and oxygen atoms in total. The van der Waals surface area contributed by atoms with Gasteiger partial charge >= 0.3 is 0 Å². The van der Waals surface area contributed by atoms with Gasteiger partial charge in [-0.2, -0.15) is 0 Å². The predicted molar refractivity (Wildman–Crippen MR) is 60.0 cm³/mol. The zero-order chi connectivity index (χ0) is 11.9. The van der Waals surface area contributed by atoms with Gasteiger partial charge in [-0.3, -0.25) is 4.90 Å². The lowest BCUT2D eigenvalue weighted by molar-refractivity contribution is -0.103. The molecule has 2 rings (SSSR count). The molecule has 2 saturated heterocycles. The highest BCUT2D eigenvalue weighted by Crippen LogP contribution is 2.24. The number of nitrogens with zero attached hydrogens (tertiary/aromatic N) is 1. The number of aliphatic hydroxyl groups is 1. The van der Waals surface area contributed by atoms with E-state index in [4.69, 9.17) is 4.74 Å². The Kier molecular flexibility index (Phi) is 3.27. The van der Waals surface area contributed by atoms with E-state index < -0.39 is 15.9 Å². The van der Waals surface area contributed by atoms with Crippen molar-refractivity contribution in [1.82, 2.24) is 4.90 Å². The average Bonchev–Trinajstić information content (AvgIpc) is 2.31. The van der Waals surface area contributed by atoms with Crippen LogP contribution in [-0.2, 0) is 14.6 Å². The summed E-state index contributed by atoms with van der Waals surface area (Å²) in [6.45, 7) is 5.43. The molecule has 2 fully saturated rings. The van der Waals surface area contributed by atoms with Crippen LogP contribution in [-0.4, -0.2) is 67.4 Å². The molecule has 94 valence electrons. The number of sulfone groups is 1. The molecule has 16 heavy (non-hydrogen) atoms. The van der Waals surface area contributed by atoms with Crippen molar-refractivity contribution in [3.05, 3.63) is 0 Å². The Bertz CT molecular complexity index is 348. The fraction of sp³-hybridized carbons (Fsp3) is 1.00. The second kappa shape index (κ2) is 4.25. The van der Waals surface area contributed by atoms with Crippen molar-refractivity contribution in [2.45, 2.75) is 38.2 Å². The molecule has 0 aromatic heterocycles. The largest absolute Gasteiger partial charge is 0.390 e. The van der Waals surface area contributed by atoms with Crippen molar-refractivity contribution < 1.29 is 18.3 Å². The Labute approximate surface area is 96.3 Å². The summed E-state index contributed by atoms with van der Waals surface area (Å²) in [5.41, 5.74) is 0. The fourth-order valence-corrected chi connectivity index (χ4v) is 4.20. The molecule has 0 amide bonds. The number of likely N-dealkylation sites (tertiary alicyclic amines) is 1. The minimum atomic E-state index is -3.04. The zero-order valence-electron chi connectivity index (χ0n) is 9.67. The second-order valence-electron chi connectivity index (χ2n) is 4.97. The van der Waals surface area contributed by atoms with Gasteiger partial charge in [-0.1, -0.05) is 0 Å². The lowest BCUT2D eigenvalue weighted by Gasteiger charge is -2.43. The van der Waals surface area contributed by atoms with Crippen LogP contribution in [0.4, 0.5) is 0 Å². The maximum atomic E-state index is 11.3. The van der Waals surface area contributed by atoms with Gasteiger partial charge < -0.3 is 9.84 Å². The highest BCUT2D eigenvalue weighted by molar-refractivity contribution is 7.91. The summed E-state index contributed by atoms with van der Waals surface area (Å²) >= 11 is 0. The van der Waals surface area contributed by atoms with Crippen LogP contribution in [0, 0.1) is 0 Å². The van der Waals surface area contributed by atoms with Crippen molar-refractivity contribution in [1.29, 1.82) is 0 Å². The smallest absolute Gasteiger partial charge is 0.154 e. The Morgan fingerprint density at radius 3 is 2.38 bits per heavy atom. The monoisotopic (exact) mass is 249 g/mol. The maximum Gasteiger partial charge on any atom is 0.154 e. The van der Waals surface area contributed by atoms with Crippen molar-refractivity contribution >= 4 is 9.84 Å². The van der Waals surface area contributed by atoms with E-state index in [2.05, 4.69) is 0 Å². The molecule has 2 aliphatic rings. The summed E-state index contributed by atoms with van der Waals surface area (Å²) in [6, 6.07) is -0.225. The highest BCUT2D eigenvalue weighted by Gasteiger charge is 2.44. The van der Waals surface area contributed by atoms with E-state index >= 15 is 0 Å². The van der Waals surface area contributed by atoms with Crippen LogP contribution in [0.15, 0.2) is 0 Å². The molecule has 6 heteroatoms.